The molecule has 18 atom stereocenters. The molecule has 0 unspecified atom stereocenters. The molecule has 108 heavy (non-hydrogen) atoms. The Balaban J connectivity index is 0.995. The summed E-state index contributed by atoms with van der Waals surface area (Å²) in [5.41, 5.74) is 4.01. The number of phenols is 3. The van der Waals surface area contributed by atoms with Crippen LogP contribution in [0.15, 0.2) is 78.9 Å². The average Bonchev–Trinajstić information content (AvgIpc) is 0.766. The van der Waals surface area contributed by atoms with E-state index in [-0.39, 0.29) is 91.2 Å². The van der Waals surface area contributed by atoms with Crippen LogP contribution in [0.3, 0.4) is 0 Å². The van der Waals surface area contributed by atoms with Crippen molar-refractivity contribution < 1.29 is 108 Å². The van der Waals surface area contributed by atoms with E-state index in [1.165, 1.54) is 74.5 Å². The number of nitrogens with one attached hydrogen (secondary N) is 8. The third-order valence-electron chi connectivity index (χ3n) is 22.3. The minimum Gasteiger partial charge on any atom is -0.508 e. The number of halogens is 1. The van der Waals surface area contributed by atoms with Gasteiger partial charge in [0.05, 0.1) is 29.9 Å². The Morgan fingerprint density at radius 3 is 1.95 bits per heavy atom. The maximum absolute atomic E-state index is 16.2. The summed E-state index contributed by atoms with van der Waals surface area (Å²) in [7, 11) is 1.55. The van der Waals surface area contributed by atoms with E-state index < -0.39 is 192 Å². The van der Waals surface area contributed by atoms with Gasteiger partial charge in [0.2, 0.25) is 53.4 Å². The van der Waals surface area contributed by atoms with Crippen LogP contribution in [0.1, 0.15) is 143 Å². The number of hydrogen-bond donors (Lipinski definition) is 18. The molecule has 0 radical (unpaired) electrons. The summed E-state index contributed by atoms with van der Waals surface area (Å²) < 4.78 is 39.1. The van der Waals surface area contributed by atoms with E-state index in [4.69, 9.17) is 45.8 Å². The molecule has 15 bridgehead atoms. The van der Waals surface area contributed by atoms with E-state index in [9.17, 15) is 55.5 Å². The van der Waals surface area contributed by atoms with Crippen molar-refractivity contribution in [1.82, 2.24) is 42.5 Å². The van der Waals surface area contributed by atoms with Crippen LogP contribution in [0.25, 0.3) is 11.1 Å². The van der Waals surface area contributed by atoms with Gasteiger partial charge in [-0.15, -0.1) is 0 Å². The summed E-state index contributed by atoms with van der Waals surface area (Å²) in [5.74, 6) is -9.87. The quantitative estimate of drug-likeness (QED) is 0.0854. The van der Waals surface area contributed by atoms with Crippen LogP contribution in [0.4, 0.5) is 0 Å². The Labute approximate surface area is 625 Å². The van der Waals surface area contributed by atoms with Gasteiger partial charge < -0.3 is 123 Å². The van der Waals surface area contributed by atoms with Gasteiger partial charge in [-0.25, -0.2) is 0 Å². The number of fused-ring (bicyclic) bond motifs is 15. The van der Waals surface area contributed by atoms with E-state index in [0.717, 1.165) is 50.3 Å². The van der Waals surface area contributed by atoms with Crippen molar-refractivity contribution in [3.8, 4) is 57.1 Å². The maximum Gasteiger partial charge on any atom is 0.248 e. The van der Waals surface area contributed by atoms with Crippen LogP contribution in [-0.2, 0) is 47.8 Å². The predicted molar refractivity (Wildman–Crippen MR) is 382 cm³/mol. The van der Waals surface area contributed by atoms with Gasteiger partial charge in [-0.1, -0.05) is 43.6 Å². The molecular weight excluding hydrogens is 1430 g/mol. The summed E-state index contributed by atoms with van der Waals surface area (Å²) in [6.45, 7) is 8.73. The van der Waals surface area contributed by atoms with Crippen LogP contribution in [0.2, 0.25) is 5.02 Å². The van der Waals surface area contributed by atoms with Crippen molar-refractivity contribution in [2.75, 3.05) is 13.7 Å². The van der Waals surface area contributed by atoms with Crippen molar-refractivity contribution >= 4 is 53.0 Å². The van der Waals surface area contributed by atoms with E-state index in [0.29, 0.717) is 18.3 Å². The van der Waals surface area contributed by atoms with Crippen molar-refractivity contribution in [2.24, 2.45) is 35.3 Å². The Bertz CT molecular complexity index is 4310. The highest BCUT2D eigenvalue weighted by molar-refractivity contribution is 6.32. The normalized spacial score (nSPS) is 33.4. The van der Waals surface area contributed by atoms with Crippen molar-refractivity contribution in [3.63, 3.8) is 0 Å². The molecule has 580 valence electrons. The molecule has 7 heterocycles. The van der Waals surface area contributed by atoms with Crippen molar-refractivity contribution in [1.29, 1.82) is 0 Å². The number of aliphatic hydroxyl groups excluding tert-OH is 6. The molecule has 31 nitrogen and oxygen atoms in total. The first kappa shape index (κ1) is 77.2. The van der Waals surface area contributed by atoms with Gasteiger partial charge in [-0.05, 0) is 191 Å². The Kier molecular flexibility index (Phi) is 22.0. The Hall–Kier alpha value is -8.96. The van der Waals surface area contributed by atoms with Crippen LogP contribution < -0.4 is 62.5 Å². The lowest BCUT2D eigenvalue weighted by Gasteiger charge is -2.54. The highest BCUT2D eigenvalue weighted by Crippen LogP contribution is 2.55. The van der Waals surface area contributed by atoms with Gasteiger partial charge in [0, 0.05) is 35.2 Å². The topological polar surface area (TPSA) is 479 Å². The maximum atomic E-state index is 16.2. The number of hydrogen-bond acceptors (Lipinski definition) is 24. The molecule has 2 saturated heterocycles. The predicted octanol–water partition coefficient (Wildman–Crippen LogP) is 2.76. The number of phenolic OH excluding ortho intramolecular Hbond substituents is 3. The van der Waals surface area contributed by atoms with Crippen molar-refractivity contribution in [3.05, 3.63) is 117 Å². The fourth-order valence-electron chi connectivity index (χ4n) is 16.8. The molecule has 0 spiro atoms. The van der Waals surface area contributed by atoms with E-state index >= 15 is 24.0 Å². The molecule has 5 aromatic rings. The number of aliphatic hydroxyl groups is 6. The number of ether oxygens (including phenoxy) is 6. The molecule has 19 N–H and O–H groups in total. The standard InChI is InChI=1S/C76H92ClN9O22/c1-29(2)14-45(79-7)69(97)85-59-61(91)36-9-12-48(30(3)15-36)104-50-23-40-24-51(65(50)108-75-66(64(94)63(93)52(28-87)106-75)107-53-27-76(6,78)67(95)32(5)103-53)105-49-13-10-37(22-44(49)77)62(92)60-74(102)84-58(72(100)81-55-38-17-33-16-34(19-38)20-39(55)18-33)43-25-41(88)26-47(90)54(43)42-21-35(8-11-46(42)89)56(70(98)86-60)83-71(99)57(40)82-68(96)31(4)80-73(59)101/h8-13,15,21-26,29,31-34,38-39,45,52-53,55-64,66-67,75,79,87-95H,14,16-20,27-28,78H2,1-7H3,(H,80,101)(H,81,100)(H,82,96)(H,83,99)(H,84,102)(H,85,97)(H,86,98)/t31-,32-,33?,34?,38?,39?,45+,52+,53-,55?,56+,57+,58-,59+,60-,61+,62+,63+,64-,66+,67+,75-,76-/m0/s1. The zero-order valence-electron chi connectivity index (χ0n) is 60.2. The summed E-state index contributed by atoms with van der Waals surface area (Å²) in [5, 5.41) is 127. The lowest BCUT2D eigenvalue weighted by atomic mass is 9.54. The molecule has 4 saturated carbocycles. The van der Waals surface area contributed by atoms with Gasteiger partial charge in [0.15, 0.2) is 23.9 Å². The van der Waals surface area contributed by atoms with Gasteiger partial charge in [0.25, 0.3) is 0 Å². The minimum absolute atomic E-state index is 0.0190. The number of amides is 7. The van der Waals surface area contributed by atoms with Crippen molar-refractivity contribution in [2.45, 2.75) is 202 Å². The number of nitrogens with two attached hydrogens (primary N) is 1. The van der Waals surface area contributed by atoms with Gasteiger partial charge >= 0.3 is 0 Å². The molecule has 16 rings (SSSR count). The summed E-state index contributed by atoms with van der Waals surface area (Å²) in [6, 6.07) is 2.98. The zero-order valence-corrected chi connectivity index (χ0v) is 61.0. The molecule has 0 aromatic heterocycles. The zero-order chi connectivity index (χ0) is 77.4. The molecule has 11 aliphatic rings. The molecule has 7 amide bonds. The first-order valence-corrected chi connectivity index (χ1v) is 36.7. The Morgan fingerprint density at radius 1 is 0.685 bits per heavy atom. The molecule has 7 aliphatic heterocycles. The third-order valence-corrected chi connectivity index (χ3v) is 22.6. The SMILES string of the molecule is CN[C@H](CC(C)C)C(=O)N[C@H]1C(=O)N[C@@H](C)C(=O)N[C@H]2C(=O)N[C@H]3C(=O)N[C@H](C(=O)N[C@H](C(=O)NC4C5CC6CC(C5)CC4C6)c4cc(O)cc(O)c4-c4cc3ccc4O)[C@H](O)c3ccc(c(Cl)c3)Oc3cc2cc(c3O[C@@H]2O[C@H](CO)[C@@H](O)[C@H](O)[C@H]2O[C@H]2C[C@](C)(N)[C@H](O)[C@H](C)O2)Oc2ccc(cc2C)[C@H]1O. The smallest absolute Gasteiger partial charge is 0.248 e. The van der Waals surface area contributed by atoms with Crippen LogP contribution >= 0.6 is 11.6 Å². The first-order valence-electron chi connectivity index (χ1n) is 36.3. The summed E-state index contributed by atoms with van der Waals surface area (Å²) >= 11 is 7.23. The van der Waals surface area contributed by atoms with Crippen LogP contribution in [-0.4, -0.2) is 186 Å². The number of rotatable bonds is 12. The second kappa shape index (κ2) is 30.8. The number of likely N-dealkylation sites (N-methyl/N-ethyl adjacent to an activating group) is 1. The lowest BCUT2D eigenvalue weighted by Crippen LogP contribution is -2.64. The fourth-order valence-corrected chi connectivity index (χ4v) is 17.0. The number of carbonyl (C=O) groups is 7. The van der Waals surface area contributed by atoms with Gasteiger partial charge in [-0.3, -0.25) is 33.6 Å². The Morgan fingerprint density at radius 2 is 1.31 bits per heavy atom. The second-order valence-electron chi connectivity index (χ2n) is 30.7. The molecule has 6 fully saturated rings. The van der Waals surface area contributed by atoms with Crippen LogP contribution in [0, 0.1) is 36.5 Å². The van der Waals surface area contributed by atoms with E-state index in [1.807, 2.05) is 13.8 Å². The summed E-state index contributed by atoms with van der Waals surface area (Å²) in [6.07, 6.45) is -11.9. The monoisotopic (exact) mass is 1520 g/mol. The van der Waals surface area contributed by atoms with Gasteiger partial charge in [0.1, 0.15) is 95.5 Å². The second-order valence-corrected chi connectivity index (χ2v) is 31.1. The minimum atomic E-state index is -2.15. The van der Waals surface area contributed by atoms with Crippen LogP contribution in [0.5, 0.6) is 46.0 Å². The number of aryl methyl sites for hydroxylation is 1. The third kappa shape index (κ3) is 15.4. The highest BCUT2D eigenvalue weighted by atomic mass is 35.5. The largest absolute Gasteiger partial charge is 0.508 e. The van der Waals surface area contributed by atoms with E-state index in [2.05, 4.69) is 42.5 Å². The highest BCUT2D eigenvalue weighted by Gasteiger charge is 2.53. The molecular formula is C76H92ClN9O22. The lowest BCUT2D eigenvalue weighted by molar-refractivity contribution is -0.333. The summed E-state index contributed by atoms with van der Waals surface area (Å²) in [4.78, 5) is 107. The number of carbonyl (C=O) groups excluding carboxylic acids is 7. The molecule has 32 heteroatoms. The van der Waals surface area contributed by atoms with Gasteiger partial charge in [-0.2, -0.15) is 0 Å². The average molecular weight is 1520 g/mol. The van der Waals surface area contributed by atoms with E-state index in [1.54, 1.807) is 20.9 Å². The number of aromatic hydroxyl groups is 3. The molecule has 5 aromatic carbocycles. The molecule has 4 aliphatic carbocycles. The fraction of sp³-hybridized carbons (Fsp3) is 0.513. The first-order chi connectivity index (χ1) is 51.3. The number of benzene rings is 5.